The molecule has 6 nitrogen and oxygen atoms in total. The van der Waals surface area contributed by atoms with E-state index in [9.17, 15) is 18.0 Å². The van der Waals surface area contributed by atoms with Crippen LogP contribution in [0.3, 0.4) is 0 Å². The minimum atomic E-state index is -4.64. The molecule has 0 saturated heterocycles. The van der Waals surface area contributed by atoms with Gasteiger partial charge in [0.2, 0.25) is 0 Å². The average Bonchev–Trinajstić information content (AvgIpc) is 3.15. The molecule has 3 rings (SSSR count). The van der Waals surface area contributed by atoms with Crippen molar-refractivity contribution in [2.45, 2.75) is 46.3 Å². The van der Waals surface area contributed by atoms with Gasteiger partial charge in [-0.1, -0.05) is 38.8 Å². The molecule has 0 N–H and O–H groups in total. The van der Waals surface area contributed by atoms with Crippen molar-refractivity contribution in [2.75, 3.05) is 28.3 Å². The molecule has 2 aromatic carbocycles. The van der Waals surface area contributed by atoms with Gasteiger partial charge in [0.25, 0.3) is 12.4 Å². The Balaban J connectivity index is 0.000000873. The Labute approximate surface area is 220 Å². The third-order valence-electron chi connectivity index (χ3n) is 5.02. The van der Waals surface area contributed by atoms with Crippen molar-refractivity contribution >= 4 is 34.9 Å². The van der Waals surface area contributed by atoms with Gasteiger partial charge in [-0.2, -0.15) is 13.2 Å². The average molecular weight is 543 g/mol. The van der Waals surface area contributed by atoms with Gasteiger partial charge in [0.1, 0.15) is 11.3 Å². The van der Waals surface area contributed by atoms with Crippen LogP contribution < -0.4 is 4.74 Å². The minimum Gasteiger partial charge on any atom is -0.496 e. The Morgan fingerprint density at radius 3 is 2.00 bits per heavy atom. The van der Waals surface area contributed by atoms with E-state index in [4.69, 9.17) is 21.1 Å². The Kier molecular flexibility index (Phi) is 12.7. The summed E-state index contributed by atoms with van der Waals surface area (Å²) in [5, 5.41) is 0.472. The number of nitrogens with zero attached hydrogens (tertiary/aromatic N) is 2. The van der Waals surface area contributed by atoms with Crippen LogP contribution in [-0.2, 0) is 28.7 Å². The quantitative estimate of drug-likeness (QED) is 0.319. The zero-order chi connectivity index (χ0) is 28.3. The molecule has 0 aliphatic heterocycles. The molecule has 1 aromatic heterocycles. The largest absolute Gasteiger partial charge is 0.496 e. The lowest BCUT2D eigenvalue weighted by Crippen LogP contribution is -2.20. The zero-order valence-corrected chi connectivity index (χ0v) is 23.0. The number of hydrogen-bond donors (Lipinski definition) is 0. The van der Waals surface area contributed by atoms with Gasteiger partial charge in [-0.25, -0.2) is 0 Å². The molecule has 0 atom stereocenters. The van der Waals surface area contributed by atoms with Crippen LogP contribution in [0.15, 0.2) is 36.4 Å². The highest BCUT2D eigenvalue weighted by Crippen LogP contribution is 2.44. The summed E-state index contributed by atoms with van der Waals surface area (Å²) in [5.41, 5.74) is 0.686. The maximum Gasteiger partial charge on any atom is 0.420 e. The van der Waals surface area contributed by atoms with Crippen LogP contribution in [-0.4, -0.2) is 50.2 Å². The molecule has 37 heavy (non-hydrogen) atoms. The molecule has 1 heterocycles. The summed E-state index contributed by atoms with van der Waals surface area (Å²) in [4.78, 5) is 24.2. The summed E-state index contributed by atoms with van der Waals surface area (Å²) in [6.45, 7) is 6.71. The molecular formula is C27H34ClF3N2O4. The van der Waals surface area contributed by atoms with Gasteiger partial charge >= 0.3 is 6.18 Å². The molecule has 204 valence electrons. The van der Waals surface area contributed by atoms with Crippen LogP contribution in [0, 0.1) is 0 Å². The minimum absolute atomic E-state index is 0.00325. The molecular weight excluding hydrogens is 509 g/mol. The van der Waals surface area contributed by atoms with E-state index >= 15 is 0 Å². The van der Waals surface area contributed by atoms with Crippen molar-refractivity contribution in [3.05, 3.63) is 63.8 Å². The number of benzene rings is 2. The molecule has 0 aliphatic carbocycles. The molecule has 10 heteroatoms. The Morgan fingerprint density at radius 1 is 1.05 bits per heavy atom. The molecule has 0 spiro atoms. The molecule has 0 amide bonds. The number of halogens is 4. The highest BCUT2D eigenvalue weighted by atomic mass is 35.5. The van der Waals surface area contributed by atoms with Crippen LogP contribution in [0.25, 0.3) is 10.9 Å². The van der Waals surface area contributed by atoms with E-state index in [2.05, 4.69) is 18.6 Å². The highest BCUT2D eigenvalue weighted by molar-refractivity contribution is 6.30. The van der Waals surface area contributed by atoms with Gasteiger partial charge < -0.3 is 14.4 Å². The topological polar surface area (TPSA) is 60.8 Å². The maximum absolute atomic E-state index is 14.1. The molecule has 0 bridgehead atoms. The molecule has 0 aliphatic rings. The monoisotopic (exact) mass is 542 g/mol. The van der Waals surface area contributed by atoms with E-state index in [0.717, 1.165) is 0 Å². The van der Waals surface area contributed by atoms with E-state index in [0.29, 0.717) is 41.3 Å². The predicted molar refractivity (Wildman–Crippen MR) is 140 cm³/mol. The summed E-state index contributed by atoms with van der Waals surface area (Å²) < 4.78 is 52.4. The van der Waals surface area contributed by atoms with E-state index < -0.39 is 17.6 Å². The highest BCUT2D eigenvalue weighted by Gasteiger charge is 2.39. The van der Waals surface area contributed by atoms with Gasteiger partial charge in [0.05, 0.1) is 19.7 Å². The molecule has 0 saturated carbocycles. The summed E-state index contributed by atoms with van der Waals surface area (Å²) in [6, 6.07) is 9.06. The number of ether oxygens (including phenoxy) is 2. The smallest absolute Gasteiger partial charge is 0.420 e. The fraction of sp³-hybridized carbons (Fsp3) is 0.407. The third-order valence-corrected chi connectivity index (χ3v) is 5.27. The summed E-state index contributed by atoms with van der Waals surface area (Å²) in [6.07, 6.45) is -3.06. The second kappa shape index (κ2) is 14.6. The first-order valence-electron chi connectivity index (χ1n) is 11.6. The number of methoxy groups -OCH3 is 2. The van der Waals surface area contributed by atoms with E-state index in [1.54, 1.807) is 45.3 Å². The van der Waals surface area contributed by atoms with Crippen molar-refractivity contribution in [2.24, 2.45) is 0 Å². The van der Waals surface area contributed by atoms with Crippen LogP contribution in [0.4, 0.5) is 13.2 Å². The van der Waals surface area contributed by atoms with Crippen molar-refractivity contribution < 1.29 is 32.2 Å². The first-order chi connectivity index (χ1) is 17.4. The van der Waals surface area contributed by atoms with Gasteiger partial charge in [0, 0.05) is 28.2 Å². The standard InChI is InChI=1S/C22H22ClF3N2O2.C3H8.C2H4O2/c1-5-15-17(12-27(2)3)28(21(29)13-6-8-14(23)9-7-13)16-10-11-18(30-4)20(19(15)16)22(24,25)26;1-3-2;1-4-2-3/h6-11H,5,12H2,1-4H3;3H2,1-2H3;2H,1H3. The number of carbonyl (C=O) groups excluding carboxylic acids is 2. The SMILES string of the molecule is CCC.CCc1c(CN(C)C)n(C(=O)c2ccc(Cl)cc2)c2ccc(OC)c(C(F)(F)F)c12.COC=O. The van der Waals surface area contributed by atoms with Crippen LogP contribution in [0.5, 0.6) is 5.75 Å². The van der Waals surface area contributed by atoms with Gasteiger partial charge in [-0.05, 0) is 62.5 Å². The number of fused-ring (bicyclic) bond motifs is 1. The molecule has 3 aromatic rings. The van der Waals surface area contributed by atoms with Crippen LogP contribution in [0.2, 0.25) is 5.02 Å². The summed E-state index contributed by atoms with van der Waals surface area (Å²) >= 11 is 5.92. The van der Waals surface area contributed by atoms with E-state index in [-0.39, 0.29) is 16.7 Å². The normalized spacial score (nSPS) is 10.8. The lowest BCUT2D eigenvalue weighted by molar-refractivity contribution is -0.137. The number of carbonyl (C=O) groups is 2. The van der Waals surface area contributed by atoms with Gasteiger partial charge in [-0.15, -0.1) is 0 Å². The Morgan fingerprint density at radius 2 is 1.59 bits per heavy atom. The molecule has 0 unspecified atom stereocenters. The van der Waals surface area contributed by atoms with E-state index in [1.165, 1.54) is 37.3 Å². The first-order valence-corrected chi connectivity index (χ1v) is 12.0. The summed E-state index contributed by atoms with van der Waals surface area (Å²) in [7, 11) is 6.13. The second-order valence-electron chi connectivity index (χ2n) is 8.24. The Hall–Kier alpha value is -3.04. The number of hydrogen-bond acceptors (Lipinski definition) is 5. The Bertz CT molecular complexity index is 1170. The van der Waals surface area contributed by atoms with Crippen molar-refractivity contribution in [1.82, 2.24) is 9.47 Å². The number of rotatable bonds is 6. The number of aryl methyl sites for hydroxylation is 1. The first kappa shape index (κ1) is 32.0. The lowest BCUT2D eigenvalue weighted by atomic mass is 10.0. The second-order valence-corrected chi connectivity index (χ2v) is 8.67. The van der Waals surface area contributed by atoms with Crippen molar-refractivity contribution in [3.63, 3.8) is 0 Å². The summed E-state index contributed by atoms with van der Waals surface area (Å²) in [5.74, 6) is -0.677. The zero-order valence-electron chi connectivity index (χ0n) is 22.2. The van der Waals surface area contributed by atoms with E-state index in [1.807, 2.05) is 4.90 Å². The van der Waals surface area contributed by atoms with Crippen molar-refractivity contribution in [3.8, 4) is 5.75 Å². The molecule has 0 radical (unpaired) electrons. The fourth-order valence-corrected chi connectivity index (χ4v) is 3.87. The van der Waals surface area contributed by atoms with Crippen LogP contribution in [0.1, 0.15) is 54.4 Å². The van der Waals surface area contributed by atoms with Gasteiger partial charge in [-0.3, -0.25) is 14.2 Å². The third kappa shape index (κ3) is 7.97. The van der Waals surface area contributed by atoms with Gasteiger partial charge in [0.15, 0.2) is 0 Å². The van der Waals surface area contributed by atoms with Crippen LogP contribution >= 0.6 is 11.6 Å². The predicted octanol–water partition coefficient (Wildman–Crippen LogP) is 6.84. The lowest BCUT2D eigenvalue weighted by Gasteiger charge is -2.15. The fourth-order valence-electron chi connectivity index (χ4n) is 3.74. The van der Waals surface area contributed by atoms with Crippen molar-refractivity contribution in [1.29, 1.82) is 0 Å². The number of aromatic nitrogens is 1. The number of alkyl halides is 3. The maximum atomic E-state index is 14.1. The molecule has 0 fully saturated rings.